The zero-order chi connectivity index (χ0) is 15.7. The van der Waals surface area contributed by atoms with Crippen LogP contribution >= 0.6 is 35.3 Å². The first-order chi connectivity index (χ1) is 10.6. The van der Waals surface area contributed by atoms with E-state index in [9.17, 15) is 0 Å². The number of hydrogen-bond donors (Lipinski definition) is 1. The van der Waals surface area contributed by atoms with Crippen LogP contribution in [0.5, 0.6) is 0 Å². The third-order valence-electron chi connectivity index (χ3n) is 3.32. The van der Waals surface area contributed by atoms with Gasteiger partial charge in [0.15, 0.2) is 0 Å². The highest BCUT2D eigenvalue weighted by Gasteiger charge is 2.17. The van der Waals surface area contributed by atoms with Crippen molar-refractivity contribution in [3.8, 4) is 11.1 Å². The van der Waals surface area contributed by atoms with Crippen LogP contribution in [-0.4, -0.2) is 20.7 Å². The first kappa shape index (κ1) is 15.4. The summed E-state index contributed by atoms with van der Waals surface area (Å²) in [7, 11) is 0. The molecule has 6 heteroatoms. The largest absolute Gasteiger partial charge is 0.393 e. The Labute approximate surface area is 143 Å². The maximum absolute atomic E-state index is 5.63. The summed E-state index contributed by atoms with van der Waals surface area (Å²) >= 11 is 8.25. The Morgan fingerprint density at radius 3 is 2.64 bits per heavy atom. The highest BCUT2D eigenvalue weighted by atomic mass is 32.2. The molecule has 0 spiro atoms. The Bertz CT molecular complexity index is 838. The van der Waals surface area contributed by atoms with Crippen molar-refractivity contribution in [1.82, 2.24) is 9.97 Å². The summed E-state index contributed by atoms with van der Waals surface area (Å²) < 4.78 is 0. The molecule has 3 rings (SSSR count). The lowest BCUT2D eigenvalue weighted by Crippen LogP contribution is -2.10. The van der Waals surface area contributed by atoms with Crippen LogP contribution in [0.4, 0.5) is 0 Å². The van der Waals surface area contributed by atoms with Crippen molar-refractivity contribution < 1.29 is 0 Å². The van der Waals surface area contributed by atoms with Gasteiger partial charge in [-0.3, -0.25) is 0 Å². The first-order valence-corrected chi connectivity index (χ1v) is 8.99. The Morgan fingerprint density at radius 2 is 1.95 bits per heavy atom. The molecule has 0 saturated heterocycles. The van der Waals surface area contributed by atoms with Crippen LogP contribution in [0.3, 0.4) is 0 Å². The van der Waals surface area contributed by atoms with Gasteiger partial charge in [0.2, 0.25) is 0 Å². The molecule has 0 amide bonds. The maximum Gasteiger partial charge on any atom is 0.128 e. The monoisotopic (exact) mass is 345 g/mol. The predicted molar refractivity (Wildman–Crippen MR) is 99.8 cm³/mol. The molecule has 3 nitrogen and oxygen atoms in total. The number of rotatable bonds is 4. The van der Waals surface area contributed by atoms with E-state index in [2.05, 4.69) is 48.1 Å². The molecule has 2 heterocycles. The van der Waals surface area contributed by atoms with E-state index in [-0.39, 0.29) is 0 Å². The lowest BCUT2D eigenvalue weighted by atomic mass is 10.0. The molecule has 0 bridgehead atoms. The fraction of sp³-hybridized carbons (Fsp3) is 0.188. The zero-order valence-electron chi connectivity index (χ0n) is 12.3. The van der Waals surface area contributed by atoms with Gasteiger partial charge in [0.25, 0.3) is 0 Å². The summed E-state index contributed by atoms with van der Waals surface area (Å²) in [5.74, 6) is 0.587. The van der Waals surface area contributed by atoms with Crippen molar-refractivity contribution in [1.29, 1.82) is 0 Å². The van der Waals surface area contributed by atoms with Gasteiger partial charge in [0.1, 0.15) is 16.2 Å². The Balaban J connectivity index is 2.18. The fourth-order valence-electron chi connectivity index (χ4n) is 2.33. The van der Waals surface area contributed by atoms with Gasteiger partial charge in [-0.25, -0.2) is 9.97 Å². The highest BCUT2D eigenvalue weighted by Crippen LogP contribution is 2.41. The average molecular weight is 346 g/mol. The molecular weight excluding hydrogens is 330 g/mol. The van der Waals surface area contributed by atoms with Crippen LogP contribution in [0.1, 0.15) is 10.4 Å². The van der Waals surface area contributed by atoms with Crippen LogP contribution in [0.2, 0.25) is 0 Å². The quantitative estimate of drug-likeness (QED) is 0.433. The van der Waals surface area contributed by atoms with E-state index in [1.807, 2.05) is 0 Å². The van der Waals surface area contributed by atoms with Crippen LogP contribution in [0, 0.1) is 13.8 Å². The van der Waals surface area contributed by atoms with Crippen LogP contribution in [-0.2, 0) is 0 Å². The van der Waals surface area contributed by atoms with E-state index < -0.39 is 0 Å². The third-order valence-corrected chi connectivity index (χ3v) is 5.70. The second-order valence-electron chi connectivity index (χ2n) is 5.01. The summed E-state index contributed by atoms with van der Waals surface area (Å²) in [5.41, 5.74) is 9.29. The van der Waals surface area contributed by atoms with Gasteiger partial charge in [-0.15, -0.1) is 11.3 Å². The molecule has 0 aliphatic carbocycles. The van der Waals surface area contributed by atoms with Gasteiger partial charge in [0.05, 0.1) is 10.4 Å². The summed E-state index contributed by atoms with van der Waals surface area (Å²) in [4.78, 5) is 11.6. The number of thiophene rings is 1. The molecule has 0 aliphatic heterocycles. The summed E-state index contributed by atoms with van der Waals surface area (Å²) in [6, 6.07) is 8.56. The Morgan fingerprint density at radius 1 is 1.23 bits per heavy atom. The van der Waals surface area contributed by atoms with Crippen molar-refractivity contribution in [3.05, 3.63) is 41.0 Å². The molecule has 3 aromatic rings. The average Bonchev–Trinajstić information content (AvgIpc) is 2.82. The van der Waals surface area contributed by atoms with E-state index in [1.165, 1.54) is 21.6 Å². The number of nitrogens with zero attached hydrogens (tertiary/aromatic N) is 2. The van der Waals surface area contributed by atoms with Crippen molar-refractivity contribution in [2.24, 2.45) is 5.73 Å². The molecule has 0 radical (unpaired) electrons. The molecule has 1 aromatic carbocycles. The topological polar surface area (TPSA) is 51.8 Å². The molecule has 0 aliphatic rings. The second kappa shape index (κ2) is 6.32. The molecule has 0 unspecified atom stereocenters. The Kier molecular flexibility index (Phi) is 4.42. The number of thioether (sulfide) groups is 1. The Hall–Kier alpha value is -1.50. The van der Waals surface area contributed by atoms with E-state index in [4.69, 9.17) is 18.0 Å². The molecule has 2 N–H and O–H groups in total. The van der Waals surface area contributed by atoms with Crippen LogP contribution < -0.4 is 5.73 Å². The summed E-state index contributed by atoms with van der Waals surface area (Å²) in [6.45, 7) is 4.22. The number of hydrogen-bond acceptors (Lipinski definition) is 5. The number of benzene rings is 1. The minimum atomic E-state index is 0.487. The number of nitrogens with two attached hydrogens (primary N) is 1. The maximum atomic E-state index is 5.63. The highest BCUT2D eigenvalue weighted by molar-refractivity contribution is 8.01. The smallest absolute Gasteiger partial charge is 0.128 e. The SMILES string of the molecule is Cc1ccc(-c2c(C)sc3ncnc(SCC(N)=S)c23)cc1. The molecule has 0 fully saturated rings. The minimum Gasteiger partial charge on any atom is -0.393 e. The number of aromatic nitrogens is 2. The van der Waals surface area contributed by atoms with Crippen molar-refractivity contribution in [3.63, 3.8) is 0 Å². The van der Waals surface area contributed by atoms with Gasteiger partial charge in [-0.2, -0.15) is 0 Å². The van der Waals surface area contributed by atoms with Gasteiger partial charge in [-0.05, 0) is 19.4 Å². The normalized spacial score (nSPS) is 11.0. The van der Waals surface area contributed by atoms with Crippen molar-refractivity contribution >= 4 is 50.5 Å². The fourth-order valence-corrected chi connectivity index (χ4v) is 4.33. The standard InChI is InChI=1S/C16H15N3S3/c1-9-3-5-11(6-4-9)13-10(2)22-16-14(13)15(18-8-19-16)21-7-12(17)20/h3-6,8H,7H2,1-2H3,(H2,17,20). The predicted octanol–water partition coefficient (Wildman–Crippen LogP) is 4.35. The first-order valence-electron chi connectivity index (χ1n) is 6.78. The number of fused-ring (bicyclic) bond motifs is 1. The lowest BCUT2D eigenvalue weighted by Gasteiger charge is -2.06. The van der Waals surface area contributed by atoms with Crippen LogP contribution in [0.15, 0.2) is 35.6 Å². The van der Waals surface area contributed by atoms with Gasteiger partial charge in [-0.1, -0.05) is 53.8 Å². The number of thiocarbonyl (C=S) groups is 1. The number of aryl methyl sites for hydroxylation is 2. The molecule has 0 saturated carbocycles. The molecule has 112 valence electrons. The lowest BCUT2D eigenvalue weighted by molar-refractivity contribution is 1.11. The third kappa shape index (κ3) is 2.99. The summed E-state index contributed by atoms with van der Waals surface area (Å²) in [6.07, 6.45) is 1.61. The molecule has 22 heavy (non-hydrogen) atoms. The summed E-state index contributed by atoms with van der Waals surface area (Å²) in [5, 5.41) is 2.05. The molecule has 2 aromatic heterocycles. The second-order valence-corrected chi connectivity index (χ2v) is 7.70. The van der Waals surface area contributed by atoms with Gasteiger partial charge in [0, 0.05) is 16.2 Å². The van der Waals surface area contributed by atoms with E-state index >= 15 is 0 Å². The van der Waals surface area contributed by atoms with E-state index in [0.29, 0.717) is 10.7 Å². The van der Waals surface area contributed by atoms with E-state index in [1.54, 1.807) is 29.4 Å². The zero-order valence-corrected chi connectivity index (χ0v) is 14.7. The molecule has 0 atom stereocenters. The molecular formula is C16H15N3S3. The van der Waals surface area contributed by atoms with E-state index in [0.717, 1.165) is 15.2 Å². The van der Waals surface area contributed by atoms with Gasteiger partial charge < -0.3 is 5.73 Å². The van der Waals surface area contributed by atoms with Crippen molar-refractivity contribution in [2.45, 2.75) is 18.9 Å². The van der Waals surface area contributed by atoms with Gasteiger partial charge >= 0.3 is 0 Å². The van der Waals surface area contributed by atoms with Crippen LogP contribution in [0.25, 0.3) is 21.3 Å². The van der Waals surface area contributed by atoms with Crippen molar-refractivity contribution in [2.75, 3.05) is 5.75 Å². The minimum absolute atomic E-state index is 0.487.